The van der Waals surface area contributed by atoms with Crippen molar-refractivity contribution >= 4 is 23.3 Å². The molecule has 3 amide bonds. The molecule has 4 rings (SSSR count). The first kappa shape index (κ1) is 20.6. The number of alkyl halides is 3. The predicted molar refractivity (Wildman–Crippen MR) is 104 cm³/mol. The Kier molecular flexibility index (Phi) is 5.25. The molecule has 0 spiro atoms. The highest BCUT2D eigenvalue weighted by Crippen LogP contribution is 2.37. The molecule has 0 unspecified atom stereocenters. The van der Waals surface area contributed by atoms with Crippen molar-refractivity contribution in [2.24, 2.45) is 0 Å². The minimum atomic E-state index is -4.57. The largest absolute Gasteiger partial charge is 0.495 e. The van der Waals surface area contributed by atoms with Crippen molar-refractivity contribution in [2.45, 2.75) is 6.18 Å². The topological polar surface area (TPSA) is 80.3 Å². The van der Waals surface area contributed by atoms with E-state index in [-0.39, 0.29) is 31.3 Å². The molecule has 0 radical (unpaired) electrons. The lowest BCUT2D eigenvalue weighted by molar-refractivity contribution is -0.137. The zero-order valence-corrected chi connectivity index (χ0v) is 16.4. The fourth-order valence-electron chi connectivity index (χ4n) is 3.37. The second-order valence-corrected chi connectivity index (χ2v) is 6.85. The number of urea groups is 1. The molecule has 8 nitrogen and oxygen atoms in total. The SMILES string of the molecule is COc1ccc(C(F)(F)F)cc1NC(=O)CN1CCN(c2ccc3c(c2)OCO3)C1=O. The van der Waals surface area contributed by atoms with Crippen molar-refractivity contribution in [3.05, 3.63) is 42.0 Å². The van der Waals surface area contributed by atoms with E-state index in [4.69, 9.17) is 14.2 Å². The Bertz CT molecular complexity index is 1030. The number of hydrogen-bond donors (Lipinski definition) is 1. The number of halogens is 3. The molecule has 1 saturated heterocycles. The summed E-state index contributed by atoms with van der Waals surface area (Å²) in [5.41, 5.74) is -0.451. The van der Waals surface area contributed by atoms with Crippen LogP contribution in [0.5, 0.6) is 17.2 Å². The average molecular weight is 437 g/mol. The van der Waals surface area contributed by atoms with Crippen LogP contribution < -0.4 is 24.4 Å². The van der Waals surface area contributed by atoms with E-state index in [1.54, 1.807) is 18.2 Å². The monoisotopic (exact) mass is 437 g/mol. The van der Waals surface area contributed by atoms with Gasteiger partial charge < -0.3 is 24.4 Å². The number of ether oxygens (including phenoxy) is 3. The quantitative estimate of drug-likeness (QED) is 0.776. The Morgan fingerprint density at radius 3 is 2.65 bits per heavy atom. The first-order valence-corrected chi connectivity index (χ1v) is 9.27. The average Bonchev–Trinajstić information content (AvgIpc) is 3.33. The second kappa shape index (κ2) is 7.89. The zero-order chi connectivity index (χ0) is 22.2. The number of carbonyl (C=O) groups excluding carboxylic acids is 2. The van der Waals surface area contributed by atoms with Gasteiger partial charge in [-0.05, 0) is 30.3 Å². The van der Waals surface area contributed by atoms with Gasteiger partial charge in [-0.2, -0.15) is 13.2 Å². The summed E-state index contributed by atoms with van der Waals surface area (Å²) in [6, 6.07) is 7.47. The number of benzene rings is 2. The summed E-state index contributed by atoms with van der Waals surface area (Å²) in [5.74, 6) is 0.550. The van der Waals surface area contributed by atoms with Crippen LogP contribution in [0, 0.1) is 0 Å². The normalized spacial score (nSPS) is 15.4. The van der Waals surface area contributed by atoms with Crippen molar-refractivity contribution in [3.8, 4) is 17.2 Å². The number of methoxy groups -OCH3 is 1. The summed E-state index contributed by atoms with van der Waals surface area (Å²) in [4.78, 5) is 28.0. The lowest BCUT2D eigenvalue weighted by atomic mass is 10.1. The van der Waals surface area contributed by atoms with E-state index in [0.717, 1.165) is 18.2 Å². The number of amides is 3. The van der Waals surface area contributed by atoms with Crippen molar-refractivity contribution < 1.29 is 37.0 Å². The van der Waals surface area contributed by atoms with E-state index in [9.17, 15) is 22.8 Å². The molecule has 1 N–H and O–H groups in total. The van der Waals surface area contributed by atoms with E-state index in [1.165, 1.54) is 16.9 Å². The van der Waals surface area contributed by atoms with Crippen LogP contribution in [0.3, 0.4) is 0 Å². The maximum absolute atomic E-state index is 13.0. The third-order valence-corrected chi connectivity index (χ3v) is 4.90. The molecule has 1 fully saturated rings. The first-order valence-electron chi connectivity index (χ1n) is 9.27. The van der Waals surface area contributed by atoms with Gasteiger partial charge in [-0.25, -0.2) is 4.79 Å². The molecular weight excluding hydrogens is 419 g/mol. The fourth-order valence-corrected chi connectivity index (χ4v) is 3.37. The lowest BCUT2D eigenvalue weighted by Crippen LogP contribution is -2.37. The number of nitrogens with one attached hydrogen (secondary N) is 1. The minimum absolute atomic E-state index is 0.0797. The molecular formula is C20H18F3N3O5. The first-order chi connectivity index (χ1) is 14.8. The van der Waals surface area contributed by atoms with E-state index in [0.29, 0.717) is 23.7 Å². The van der Waals surface area contributed by atoms with Crippen LogP contribution in [-0.4, -0.2) is 50.4 Å². The molecule has 2 aromatic carbocycles. The Labute approximate surface area is 175 Å². The van der Waals surface area contributed by atoms with Crippen molar-refractivity contribution in [2.75, 3.05) is 43.8 Å². The van der Waals surface area contributed by atoms with Crippen LogP contribution in [-0.2, 0) is 11.0 Å². The maximum atomic E-state index is 13.0. The van der Waals surface area contributed by atoms with Crippen LogP contribution in [0.15, 0.2) is 36.4 Å². The van der Waals surface area contributed by atoms with E-state index >= 15 is 0 Å². The smallest absolute Gasteiger partial charge is 0.416 e. The molecule has 164 valence electrons. The number of hydrogen-bond acceptors (Lipinski definition) is 5. The Balaban J connectivity index is 1.43. The van der Waals surface area contributed by atoms with Gasteiger partial charge in [0.2, 0.25) is 12.7 Å². The standard InChI is InChI=1S/C20H18F3N3O5/c1-29-15-4-2-12(20(21,22)23)8-14(15)24-18(27)10-25-6-7-26(19(25)28)13-3-5-16-17(9-13)31-11-30-16/h2-5,8-9H,6-7,10-11H2,1H3,(H,24,27). The molecule has 2 aliphatic rings. The maximum Gasteiger partial charge on any atom is 0.416 e. The molecule has 0 aromatic heterocycles. The number of fused-ring (bicyclic) bond motifs is 1. The van der Waals surface area contributed by atoms with E-state index < -0.39 is 23.7 Å². The van der Waals surface area contributed by atoms with Crippen molar-refractivity contribution in [1.29, 1.82) is 0 Å². The summed E-state index contributed by atoms with van der Waals surface area (Å²) < 4.78 is 54.5. The van der Waals surface area contributed by atoms with Gasteiger partial charge in [-0.1, -0.05) is 0 Å². The highest BCUT2D eigenvalue weighted by atomic mass is 19.4. The van der Waals surface area contributed by atoms with E-state index in [2.05, 4.69) is 5.32 Å². The summed E-state index contributed by atoms with van der Waals surface area (Å²) in [6.07, 6.45) is -4.57. The molecule has 11 heteroatoms. The van der Waals surface area contributed by atoms with Gasteiger partial charge >= 0.3 is 12.2 Å². The number of carbonyl (C=O) groups is 2. The van der Waals surface area contributed by atoms with Gasteiger partial charge in [-0.3, -0.25) is 9.69 Å². The Hall–Kier alpha value is -3.63. The highest BCUT2D eigenvalue weighted by Gasteiger charge is 2.33. The number of rotatable bonds is 5. The van der Waals surface area contributed by atoms with Crippen molar-refractivity contribution in [3.63, 3.8) is 0 Å². The number of nitrogens with zero attached hydrogens (tertiary/aromatic N) is 2. The lowest BCUT2D eigenvalue weighted by Gasteiger charge is -2.19. The van der Waals surface area contributed by atoms with Gasteiger partial charge in [-0.15, -0.1) is 0 Å². The third-order valence-electron chi connectivity index (χ3n) is 4.90. The van der Waals surface area contributed by atoms with Crippen molar-refractivity contribution in [1.82, 2.24) is 4.90 Å². The molecule has 31 heavy (non-hydrogen) atoms. The van der Waals surface area contributed by atoms with Crippen LogP contribution >= 0.6 is 0 Å². The summed E-state index contributed by atoms with van der Waals surface area (Å²) in [7, 11) is 1.28. The minimum Gasteiger partial charge on any atom is -0.495 e. The van der Waals surface area contributed by atoms with Gasteiger partial charge in [0.1, 0.15) is 12.3 Å². The summed E-state index contributed by atoms with van der Waals surface area (Å²) >= 11 is 0. The fraction of sp³-hybridized carbons (Fsp3) is 0.300. The summed E-state index contributed by atoms with van der Waals surface area (Å²) in [6.45, 7) is 0.413. The van der Waals surface area contributed by atoms with Crippen LogP contribution in [0.2, 0.25) is 0 Å². The van der Waals surface area contributed by atoms with Gasteiger partial charge in [0.25, 0.3) is 0 Å². The number of anilines is 2. The zero-order valence-electron chi connectivity index (χ0n) is 16.4. The molecule has 0 bridgehead atoms. The second-order valence-electron chi connectivity index (χ2n) is 6.85. The van der Waals surface area contributed by atoms with E-state index in [1.807, 2.05) is 0 Å². The summed E-state index contributed by atoms with van der Waals surface area (Å²) in [5, 5.41) is 2.40. The van der Waals surface area contributed by atoms with Gasteiger partial charge in [0.05, 0.1) is 18.4 Å². The highest BCUT2D eigenvalue weighted by molar-refractivity contribution is 6.00. The molecule has 2 heterocycles. The van der Waals surface area contributed by atoms with Crippen LogP contribution in [0.1, 0.15) is 5.56 Å². The molecule has 0 aliphatic carbocycles. The van der Waals surface area contributed by atoms with Crippen LogP contribution in [0.25, 0.3) is 0 Å². The van der Waals surface area contributed by atoms with Crippen LogP contribution in [0.4, 0.5) is 29.3 Å². The predicted octanol–water partition coefficient (Wildman–Crippen LogP) is 3.32. The van der Waals surface area contributed by atoms with Gasteiger partial charge in [0, 0.05) is 24.8 Å². The van der Waals surface area contributed by atoms with Gasteiger partial charge in [0.15, 0.2) is 11.5 Å². The molecule has 2 aromatic rings. The molecule has 2 aliphatic heterocycles. The molecule has 0 saturated carbocycles. The Morgan fingerprint density at radius 2 is 1.90 bits per heavy atom. The Morgan fingerprint density at radius 1 is 1.13 bits per heavy atom. The molecule has 0 atom stereocenters. The third kappa shape index (κ3) is 4.16.